The number of rotatable bonds is 4. The fraction of sp³-hybridized carbons (Fsp3) is 0.370. The van der Waals surface area contributed by atoms with Crippen molar-refractivity contribution in [3.05, 3.63) is 66.2 Å². The number of allylic oxidation sites excluding steroid dienone is 1. The van der Waals surface area contributed by atoms with Gasteiger partial charge in [-0.2, -0.15) is 0 Å². The highest BCUT2D eigenvalue weighted by atomic mass is 16.5. The Labute approximate surface area is 198 Å². The first kappa shape index (κ1) is 21.1. The second kappa shape index (κ2) is 8.09. The molecule has 3 fully saturated rings. The minimum Gasteiger partial charge on any atom is -0.376 e. The van der Waals surface area contributed by atoms with Gasteiger partial charge in [0.2, 0.25) is 17.7 Å². The number of benzene rings is 2. The summed E-state index contributed by atoms with van der Waals surface area (Å²) in [7, 11) is 0. The maximum Gasteiger partial charge on any atom is 0.247 e. The van der Waals surface area contributed by atoms with Gasteiger partial charge >= 0.3 is 0 Å². The summed E-state index contributed by atoms with van der Waals surface area (Å²) in [5.41, 5.74) is 3.63. The Kier molecular flexibility index (Phi) is 5.03. The highest BCUT2D eigenvalue weighted by Crippen LogP contribution is 2.50. The fourth-order valence-corrected chi connectivity index (χ4v) is 6.07. The summed E-state index contributed by atoms with van der Waals surface area (Å²) in [4.78, 5) is 44.4. The zero-order chi connectivity index (χ0) is 23.4. The number of nitrogens with zero attached hydrogens (tertiary/aromatic N) is 2. The van der Waals surface area contributed by atoms with E-state index in [0.717, 1.165) is 29.7 Å². The van der Waals surface area contributed by atoms with Crippen molar-refractivity contribution >= 4 is 34.7 Å². The van der Waals surface area contributed by atoms with Crippen LogP contribution in [0.4, 0.5) is 11.4 Å². The van der Waals surface area contributed by atoms with Crippen LogP contribution >= 0.6 is 0 Å². The summed E-state index contributed by atoms with van der Waals surface area (Å²) < 4.78 is 5.71. The monoisotopic (exact) mass is 457 g/mol. The molecule has 2 aromatic rings. The van der Waals surface area contributed by atoms with Crippen molar-refractivity contribution in [1.82, 2.24) is 4.90 Å². The largest absolute Gasteiger partial charge is 0.376 e. The predicted octanol–water partition coefficient (Wildman–Crippen LogP) is 3.08. The molecule has 0 aliphatic carbocycles. The van der Waals surface area contributed by atoms with Crippen molar-refractivity contribution in [3.63, 3.8) is 0 Å². The van der Waals surface area contributed by atoms with E-state index in [9.17, 15) is 14.4 Å². The minimum atomic E-state index is -0.786. The van der Waals surface area contributed by atoms with Crippen molar-refractivity contribution < 1.29 is 19.1 Å². The zero-order valence-electron chi connectivity index (χ0n) is 19.0. The van der Waals surface area contributed by atoms with Gasteiger partial charge in [0, 0.05) is 23.5 Å². The molecule has 0 unspecified atom stereocenters. The van der Waals surface area contributed by atoms with Crippen LogP contribution in [0.5, 0.6) is 0 Å². The van der Waals surface area contributed by atoms with E-state index < -0.39 is 17.9 Å². The van der Waals surface area contributed by atoms with E-state index in [1.54, 1.807) is 0 Å². The highest BCUT2D eigenvalue weighted by molar-refractivity contribution is 6.12. The lowest BCUT2D eigenvalue weighted by molar-refractivity contribution is -0.142. The average Bonchev–Trinajstić information content (AvgIpc) is 3.53. The van der Waals surface area contributed by atoms with Gasteiger partial charge in [0.25, 0.3) is 0 Å². The smallest absolute Gasteiger partial charge is 0.247 e. The van der Waals surface area contributed by atoms with Crippen molar-refractivity contribution in [2.45, 2.75) is 38.0 Å². The van der Waals surface area contributed by atoms with Gasteiger partial charge in [-0.15, -0.1) is 0 Å². The second-order valence-corrected chi connectivity index (χ2v) is 9.54. The van der Waals surface area contributed by atoms with E-state index in [4.69, 9.17) is 4.74 Å². The van der Waals surface area contributed by atoms with E-state index in [-0.39, 0.29) is 36.4 Å². The number of imide groups is 1. The predicted molar refractivity (Wildman–Crippen MR) is 128 cm³/mol. The molecule has 6 rings (SSSR count). The van der Waals surface area contributed by atoms with Crippen LogP contribution in [0, 0.1) is 11.8 Å². The quantitative estimate of drug-likeness (QED) is 0.714. The first-order chi connectivity index (χ1) is 16.5. The number of carbonyl (C=O) groups excluding carboxylic acids is 3. The topological polar surface area (TPSA) is 78.9 Å². The van der Waals surface area contributed by atoms with Gasteiger partial charge < -0.3 is 15.0 Å². The summed E-state index contributed by atoms with van der Waals surface area (Å²) in [5.74, 6) is -2.07. The SMILES string of the molecule is CC1=C[C@@H]2[C@H]3C(=O)N(C[C@@H]4CCCO4)C(=O)[C@H]3[C@H](C(=O)Nc3ccccc3)N2c2ccccc21. The number of hydrogen-bond acceptors (Lipinski definition) is 5. The Morgan fingerprint density at radius 1 is 1.03 bits per heavy atom. The van der Waals surface area contributed by atoms with Gasteiger partial charge in [-0.05, 0) is 43.5 Å². The third kappa shape index (κ3) is 3.18. The lowest BCUT2D eigenvalue weighted by atomic mass is 9.87. The standard InChI is InChI=1S/C27H27N3O4/c1-16-14-21-22-23(27(33)29(26(22)32)15-18-10-7-13-34-18)24(25(31)28-17-8-3-2-4-9-17)30(21)20-12-6-5-11-19(16)20/h2-6,8-9,11-12,14,18,21-24H,7,10,13,15H2,1H3,(H,28,31)/t18-,21+,22+,23+,24+/m0/s1. The molecule has 0 aromatic heterocycles. The molecule has 7 heteroatoms. The second-order valence-electron chi connectivity index (χ2n) is 9.54. The Morgan fingerprint density at radius 3 is 2.53 bits per heavy atom. The molecular formula is C27H27N3O4. The number of carbonyl (C=O) groups is 3. The third-order valence-corrected chi connectivity index (χ3v) is 7.57. The summed E-state index contributed by atoms with van der Waals surface area (Å²) in [6.45, 7) is 2.95. The molecule has 174 valence electrons. The molecule has 0 saturated carbocycles. The first-order valence-corrected chi connectivity index (χ1v) is 11.9. The molecule has 3 amide bonds. The number of amides is 3. The van der Waals surface area contributed by atoms with E-state index in [2.05, 4.69) is 11.4 Å². The Morgan fingerprint density at radius 2 is 1.76 bits per heavy atom. The number of fused-ring (bicyclic) bond motifs is 5. The Hall–Kier alpha value is -3.45. The van der Waals surface area contributed by atoms with E-state index in [1.807, 2.05) is 66.4 Å². The third-order valence-electron chi connectivity index (χ3n) is 7.57. The Bertz CT molecular complexity index is 1190. The van der Waals surface area contributed by atoms with Crippen LogP contribution in [0.3, 0.4) is 0 Å². The Balaban J connectivity index is 1.41. The minimum absolute atomic E-state index is 0.121. The molecule has 0 radical (unpaired) electrons. The molecule has 2 aromatic carbocycles. The fourth-order valence-electron chi connectivity index (χ4n) is 6.07. The van der Waals surface area contributed by atoms with Crippen molar-refractivity contribution in [3.8, 4) is 0 Å². The maximum absolute atomic E-state index is 13.7. The lowest BCUT2D eigenvalue weighted by Gasteiger charge is -2.38. The van der Waals surface area contributed by atoms with Crippen LogP contribution in [0.25, 0.3) is 5.57 Å². The van der Waals surface area contributed by atoms with Crippen LogP contribution in [0.15, 0.2) is 60.7 Å². The van der Waals surface area contributed by atoms with Gasteiger partial charge in [-0.1, -0.05) is 42.5 Å². The summed E-state index contributed by atoms with van der Waals surface area (Å²) in [6, 6.07) is 16.0. The van der Waals surface area contributed by atoms with Crippen LogP contribution in [0.2, 0.25) is 0 Å². The number of hydrogen-bond donors (Lipinski definition) is 1. The van der Waals surface area contributed by atoms with Crippen LogP contribution in [-0.4, -0.2) is 54.0 Å². The van der Waals surface area contributed by atoms with Gasteiger partial charge in [0.1, 0.15) is 6.04 Å². The summed E-state index contributed by atoms with van der Waals surface area (Å²) in [6.07, 6.45) is 3.71. The number of likely N-dealkylation sites (tertiary alicyclic amines) is 1. The van der Waals surface area contributed by atoms with Crippen LogP contribution in [0.1, 0.15) is 25.3 Å². The number of anilines is 2. The van der Waals surface area contributed by atoms with Crippen molar-refractivity contribution in [2.24, 2.45) is 11.8 Å². The number of ether oxygens (including phenoxy) is 1. The molecular weight excluding hydrogens is 430 g/mol. The molecule has 0 bridgehead atoms. The highest BCUT2D eigenvalue weighted by Gasteiger charge is 2.64. The average molecular weight is 458 g/mol. The molecule has 4 aliphatic rings. The van der Waals surface area contributed by atoms with Gasteiger partial charge in [0.15, 0.2) is 0 Å². The maximum atomic E-state index is 13.7. The first-order valence-electron chi connectivity index (χ1n) is 11.9. The zero-order valence-corrected chi connectivity index (χ0v) is 19.0. The van der Waals surface area contributed by atoms with Gasteiger partial charge in [0.05, 0.1) is 30.5 Å². The molecule has 0 spiro atoms. The van der Waals surface area contributed by atoms with E-state index in [0.29, 0.717) is 12.3 Å². The van der Waals surface area contributed by atoms with Gasteiger partial charge in [-0.3, -0.25) is 19.3 Å². The molecule has 34 heavy (non-hydrogen) atoms. The molecule has 4 aliphatic heterocycles. The van der Waals surface area contributed by atoms with Crippen LogP contribution in [-0.2, 0) is 19.1 Å². The molecule has 1 N–H and O–H groups in total. The summed E-state index contributed by atoms with van der Waals surface area (Å²) in [5, 5.41) is 2.99. The van der Waals surface area contributed by atoms with E-state index in [1.165, 1.54) is 4.90 Å². The number of nitrogens with one attached hydrogen (secondary N) is 1. The normalized spacial score (nSPS) is 29.6. The summed E-state index contributed by atoms with van der Waals surface area (Å²) >= 11 is 0. The van der Waals surface area contributed by atoms with E-state index >= 15 is 0 Å². The van der Waals surface area contributed by atoms with Gasteiger partial charge in [-0.25, -0.2) is 0 Å². The molecule has 7 nitrogen and oxygen atoms in total. The van der Waals surface area contributed by atoms with Crippen molar-refractivity contribution in [2.75, 3.05) is 23.4 Å². The molecule has 4 heterocycles. The lowest BCUT2D eigenvalue weighted by Crippen LogP contribution is -2.51. The molecule has 5 atom stereocenters. The van der Waals surface area contributed by atoms with Crippen LogP contribution < -0.4 is 10.2 Å². The molecule has 3 saturated heterocycles. The van der Waals surface area contributed by atoms with Crippen molar-refractivity contribution in [1.29, 1.82) is 0 Å². The number of para-hydroxylation sites is 2.